The molecule has 9 aromatic carbocycles. The first-order valence-corrected chi connectivity index (χ1v) is 16.8. The van der Waals surface area contributed by atoms with Crippen molar-refractivity contribution in [3.8, 4) is 33.4 Å². The van der Waals surface area contributed by atoms with Crippen molar-refractivity contribution in [1.82, 2.24) is 0 Å². The summed E-state index contributed by atoms with van der Waals surface area (Å²) in [6, 6.07) is 54.1. The molecule has 0 atom stereocenters. The van der Waals surface area contributed by atoms with Crippen molar-refractivity contribution in [2.75, 3.05) is 0 Å². The number of para-hydroxylation sites is 1. The Labute approximate surface area is 278 Å². The third kappa shape index (κ3) is 3.40. The second-order valence-electron chi connectivity index (χ2n) is 14.1. The number of benzene rings is 9. The molecule has 0 unspecified atom stereocenters. The third-order valence-electron chi connectivity index (χ3n) is 11.2. The third-order valence-corrected chi connectivity index (χ3v) is 11.2. The molecule has 10 aromatic rings. The van der Waals surface area contributed by atoms with Crippen molar-refractivity contribution in [1.29, 1.82) is 0 Å². The fourth-order valence-corrected chi connectivity index (χ4v) is 8.86. The fraction of sp³-hybridized carbons (Fsp3) is 0.0638. The first-order valence-electron chi connectivity index (χ1n) is 16.8. The van der Waals surface area contributed by atoms with Crippen LogP contribution in [0.15, 0.2) is 150 Å². The molecule has 0 N–H and O–H groups in total. The van der Waals surface area contributed by atoms with E-state index < -0.39 is 0 Å². The summed E-state index contributed by atoms with van der Waals surface area (Å²) >= 11 is 0. The summed E-state index contributed by atoms with van der Waals surface area (Å²) in [5.41, 5.74) is 12.2. The first kappa shape index (κ1) is 26.2. The van der Waals surface area contributed by atoms with Crippen LogP contribution in [0.2, 0.25) is 0 Å². The molecule has 224 valence electrons. The van der Waals surface area contributed by atoms with Gasteiger partial charge in [0.15, 0.2) is 0 Å². The molecule has 0 fully saturated rings. The zero-order valence-corrected chi connectivity index (χ0v) is 26.8. The predicted octanol–water partition coefficient (Wildman–Crippen LogP) is 13.3. The summed E-state index contributed by atoms with van der Waals surface area (Å²) in [4.78, 5) is 0. The highest BCUT2D eigenvalue weighted by Gasteiger charge is 2.36. The summed E-state index contributed by atoms with van der Waals surface area (Å²) in [5, 5.41) is 12.8. The van der Waals surface area contributed by atoms with Gasteiger partial charge in [0, 0.05) is 16.2 Å². The van der Waals surface area contributed by atoms with Gasteiger partial charge in [0.2, 0.25) is 0 Å². The van der Waals surface area contributed by atoms with Gasteiger partial charge in [-0.1, -0.05) is 123 Å². The van der Waals surface area contributed by atoms with Gasteiger partial charge in [-0.2, -0.15) is 0 Å². The second-order valence-corrected chi connectivity index (χ2v) is 14.1. The maximum absolute atomic E-state index is 6.16. The normalized spacial score (nSPS) is 13.8. The minimum absolute atomic E-state index is 0.0879. The molecule has 0 radical (unpaired) electrons. The van der Waals surface area contributed by atoms with Crippen LogP contribution in [0.3, 0.4) is 0 Å². The lowest BCUT2D eigenvalue weighted by Gasteiger charge is -2.22. The molecule has 1 nitrogen and oxygen atoms in total. The van der Waals surface area contributed by atoms with Gasteiger partial charge in [-0.05, 0) is 124 Å². The monoisotopic (exact) mass is 610 g/mol. The lowest BCUT2D eigenvalue weighted by Crippen LogP contribution is -2.14. The highest BCUT2D eigenvalue weighted by atomic mass is 16.3. The van der Waals surface area contributed by atoms with Crippen LogP contribution >= 0.6 is 0 Å². The Balaban J connectivity index is 1.11. The van der Waals surface area contributed by atoms with Gasteiger partial charge in [0.1, 0.15) is 11.2 Å². The van der Waals surface area contributed by atoms with Gasteiger partial charge in [0.05, 0.1) is 0 Å². The average Bonchev–Trinajstić information content (AvgIpc) is 3.61. The summed E-state index contributed by atoms with van der Waals surface area (Å²) in [5.74, 6) is 0. The molecule has 11 rings (SSSR count). The highest BCUT2D eigenvalue weighted by Crippen LogP contribution is 2.53. The largest absolute Gasteiger partial charge is 0.456 e. The molecule has 1 aliphatic rings. The molecular formula is C47H30O. The van der Waals surface area contributed by atoms with Crippen molar-refractivity contribution in [3.05, 3.63) is 157 Å². The van der Waals surface area contributed by atoms with E-state index in [1.165, 1.54) is 87.6 Å². The van der Waals surface area contributed by atoms with Gasteiger partial charge in [-0.25, -0.2) is 0 Å². The van der Waals surface area contributed by atoms with Crippen LogP contribution in [0.5, 0.6) is 0 Å². The smallest absolute Gasteiger partial charge is 0.135 e. The van der Waals surface area contributed by atoms with E-state index >= 15 is 0 Å². The Morgan fingerprint density at radius 1 is 0.396 bits per heavy atom. The molecule has 0 saturated carbocycles. The van der Waals surface area contributed by atoms with E-state index in [0.717, 1.165) is 21.9 Å². The maximum Gasteiger partial charge on any atom is 0.135 e. The Hall–Kier alpha value is -5.92. The molecule has 1 heterocycles. The van der Waals surface area contributed by atoms with E-state index in [4.69, 9.17) is 4.42 Å². The summed E-state index contributed by atoms with van der Waals surface area (Å²) in [6.45, 7) is 4.75. The SMILES string of the molecule is CC1(C)c2ccc(-c3cc4ccc5cccc6ccc(c3)c4c56)cc2-c2c1ccc1c(-c3ccc4oc5ccccc5c4c3)cccc21. The van der Waals surface area contributed by atoms with E-state index in [1.807, 2.05) is 12.1 Å². The number of hydrogen-bond acceptors (Lipinski definition) is 1. The Bertz CT molecular complexity index is 2910. The number of hydrogen-bond donors (Lipinski definition) is 0. The molecule has 0 amide bonds. The molecule has 0 bridgehead atoms. The number of fused-ring (bicyclic) bond motifs is 8. The molecule has 1 aliphatic carbocycles. The predicted molar refractivity (Wildman–Crippen MR) is 203 cm³/mol. The summed E-state index contributed by atoms with van der Waals surface area (Å²) < 4.78 is 6.16. The second kappa shape index (κ2) is 9.12. The Kier molecular flexibility index (Phi) is 4.97. The minimum Gasteiger partial charge on any atom is -0.456 e. The number of rotatable bonds is 2. The van der Waals surface area contributed by atoms with E-state index in [0.29, 0.717) is 0 Å². The molecular weight excluding hydrogens is 581 g/mol. The topological polar surface area (TPSA) is 13.1 Å². The van der Waals surface area contributed by atoms with Crippen molar-refractivity contribution in [2.24, 2.45) is 0 Å². The van der Waals surface area contributed by atoms with Crippen molar-refractivity contribution >= 4 is 65.0 Å². The van der Waals surface area contributed by atoms with Crippen LogP contribution in [-0.4, -0.2) is 0 Å². The first-order chi connectivity index (χ1) is 23.5. The molecule has 0 spiro atoms. The van der Waals surface area contributed by atoms with Crippen LogP contribution < -0.4 is 0 Å². The fourth-order valence-electron chi connectivity index (χ4n) is 8.86. The Morgan fingerprint density at radius 3 is 1.90 bits per heavy atom. The molecule has 0 aliphatic heterocycles. The maximum atomic E-state index is 6.16. The van der Waals surface area contributed by atoms with Crippen molar-refractivity contribution in [3.63, 3.8) is 0 Å². The molecule has 48 heavy (non-hydrogen) atoms. The molecule has 1 aromatic heterocycles. The quantitative estimate of drug-likeness (QED) is 0.178. The van der Waals surface area contributed by atoms with Crippen LogP contribution in [0.4, 0.5) is 0 Å². The van der Waals surface area contributed by atoms with E-state index in [-0.39, 0.29) is 5.41 Å². The number of furan rings is 1. The van der Waals surface area contributed by atoms with E-state index in [1.54, 1.807) is 0 Å². The lowest BCUT2D eigenvalue weighted by molar-refractivity contribution is 0.661. The zero-order valence-electron chi connectivity index (χ0n) is 26.8. The summed E-state index contributed by atoms with van der Waals surface area (Å²) in [6.07, 6.45) is 0. The van der Waals surface area contributed by atoms with E-state index in [9.17, 15) is 0 Å². The van der Waals surface area contributed by atoms with Gasteiger partial charge in [0.25, 0.3) is 0 Å². The van der Waals surface area contributed by atoms with Crippen LogP contribution in [0.25, 0.3) is 98.4 Å². The standard InChI is InChI=1S/C47H30O/c1-47(2)40-20-17-29(33-23-31-15-13-27-7-5-8-28-14-16-32(24-33)45(31)44(27)28)25-39(40)46-37-11-6-10-34(35(37)19-21-41(46)47)30-18-22-43-38(26-30)36-9-3-4-12-42(36)48-43/h3-26H,1-2H3. The van der Waals surface area contributed by atoms with Gasteiger partial charge in [-0.3, -0.25) is 0 Å². The van der Waals surface area contributed by atoms with Gasteiger partial charge in [-0.15, -0.1) is 0 Å². The highest BCUT2D eigenvalue weighted by molar-refractivity contribution is 6.24. The molecule has 1 heteroatoms. The van der Waals surface area contributed by atoms with Crippen molar-refractivity contribution in [2.45, 2.75) is 19.3 Å². The molecule has 0 saturated heterocycles. The van der Waals surface area contributed by atoms with Crippen LogP contribution in [0.1, 0.15) is 25.0 Å². The van der Waals surface area contributed by atoms with Gasteiger partial charge >= 0.3 is 0 Å². The lowest BCUT2D eigenvalue weighted by atomic mass is 9.81. The minimum atomic E-state index is -0.0879. The zero-order chi connectivity index (χ0) is 31.7. The van der Waals surface area contributed by atoms with E-state index in [2.05, 4.69) is 147 Å². The van der Waals surface area contributed by atoms with Crippen LogP contribution in [-0.2, 0) is 5.41 Å². The average molecular weight is 611 g/mol. The van der Waals surface area contributed by atoms with Crippen LogP contribution in [0, 0.1) is 0 Å². The summed E-state index contributed by atoms with van der Waals surface area (Å²) in [7, 11) is 0. The van der Waals surface area contributed by atoms with Gasteiger partial charge < -0.3 is 4.42 Å². The Morgan fingerprint density at radius 2 is 1.06 bits per heavy atom. The van der Waals surface area contributed by atoms with Crippen molar-refractivity contribution < 1.29 is 4.42 Å².